The number of hydrogen-bond acceptors (Lipinski definition) is 4. The van der Waals surface area contributed by atoms with E-state index in [9.17, 15) is 22.8 Å². The van der Waals surface area contributed by atoms with Crippen molar-refractivity contribution < 1.29 is 18.0 Å². The molecule has 1 aliphatic carbocycles. The molecule has 6 nitrogen and oxygen atoms in total. The third kappa shape index (κ3) is 4.93. The summed E-state index contributed by atoms with van der Waals surface area (Å²) in [5.74, 6) is 0.237. The number of H-pyrrole nitrogens is 1. The van der Waals surface area contributed by atoms with Crippen LogP contribution < -0.4 is 10.9 Å². The maximum Gasteiger partial charge on any atom is 0.433 e. The van der Waals surface area contributed by atoms with Crippen molar-refractivity contribution in [3.63, 3.8) is 0 Å². The van der Waals surface area contributed by atoms with Crippen molar-refractivity contribution in [1.29, 1.82) is 0 Å². The monoisotopic (exact) mass is 448 g/mol. The van der Waals surface area contributed by atoms with E-state index < -0.39 is 17.4 Å². The highest BCUT2D eigenvalue weighted by molar-refractivity contribution is 6.33. The minimum Gasteiger partial charge on any atom is -0.352 e. The van der Waals surface area contributed by atoms with E-state index in [4.69, 9.17) is 11.6 Å². The molecule has 0 unspecified atom stereocenters. The number of pyridine rings is 1. The molecule has 0 radical (unpaired) electrons. The molecule has 2 N–H and O–H groups in total. The zero-order chi connectivity index (χ0) is 22.2. The molecule has 0 saturated heterocycles. The third-order valence-electron chi connectivity index (χ3n) is 4.79. The number of nitrogens with zero attached hydrogens (tertiary/aromatic N) is 2. The zero-order valence-corrected chi connectivity index (χ0v) is 16.7. The number of carbonyl (C=O) groups excluding carboxylic acids is 1. The van der Waals surface area contributed by atoms with Gasteiger partial charge in [0.15, 0.2) is 0 Å². The lowest BCUT2D eigenvalue weighted by atomic mass is 10.1. The van der Waals surface area contributed by atoms with Crippen LogP contribution in [0.2, 0.25) is 5.02 Å². The first-order chi connectivity index (χ1) is 14.7. The fourth-order valence-corrected chi connectivity index (χ4v) is 3.20. The first-order valence-corrected chi connectivity index (χ1v) is 9.80. The van der Waals surface area contributed by atoms with Gasteiger partial charge >= 0.3 is 6.18 Å². The van der Waals surface area contributed by atoms with Crippen molar-refractivity contribution in [1.82, 2.24) is 20.3 Å². The molecule has 1 aromatic carbocycles. The number of benzene rings is 1. The predicted octanol–water partition coefficient (Wildman–Crippen LogP) is 4.20. The molecule has 3 aromatic rings. The van der Waals surface area contributed by atoms with Gasteiger partial charge in [-0.3, -0.25) is 14.6 Å². The Bertz CT molecular complexity index is 1190. The molecule has 0 spiro atoms. The second kappa shape index (κ2) is 8.14. The number of aromatic nitrogens is 3. The average Bonchev–Trinajstić information content (AvgIpc) is 3.57. The highest BCUT2D eigenvalue weighted by Gasteiger charge is 2.32. The molecule has 31 heavy (non-hydrogen) atoms. The summed E-state index contributed by atoms with van der Waals surface area (Å²) in [6, 6.07) is 8.27. The Hall–Kier alpha value is -3.20. The summed E-state index contributed by atoms with van der Waals surface area (Å²) in [5.41, 5.74) is 0.0674. The van der Waals surface area contributed by atoms with Crippen molar-refractivity contribution in [3.8, 4) is 22.6 Å². The summed E-state index contributed by atoms with van der Waals surface area (Å²) in [7, 11) is 0. The van der Waals surface area contributed by atoms with Gasteiger partial charge in [0.05, 0.1) is 10.7 Å². The minimum absolute atomic E-state index is 0.000155. The second-order valence-corrected chi connectivity index (χ2v) is 7.62. The van der Waals surface area contributed by atoms with E-state index in [0.29, 0.717) is 17.1 Å². The fraction of sp³-hybridized carbons (Fsp3) is 0.238. The van der Waals surface area contributed by atoms with Crippen LogP contribution in [0, 0.1) is 5.92 Å². The Labute approximate surface area is 179 Å². The van der Waals surface area contributed by atoms with E-state index in [0.717, 1.165) is 30.7 Å². The van der Waals surface area contributed by atoms with Crippen LogP contribution in [0.1, 0.15) is 24.1 Å². The van der Waals surface area contributed by atoms with Gasteiger partial charge in [0.1, 0.15) is 11.5 Å². The largest absolute Gasteiger partial charge is 0.433 e. The quantitative estimate of drug-likeness (QED) is 0.612. The highest BCUT2D eigenvalue weighted by atomic mass is 35.5. The highest BCUT2D eigenvalue weighted by Crippen LogP contribution is 2.31. The van der Waals surface area contributed by atoms with Crippen molar-refractivity contribution in [2.45, 2.75) is 25.6 Å². The molecule has 1 fully saturated rings. The van der Waals surface area contributed by atoms with E-state index in [1.54, 1.807) is 18.2 Å². The number of halogens is 4. The lowest BCUT2D eigenvalue weighted by molar-refractivity contribution is -0.141. The Morgan fingerprint density at radius 2 is 1.97 bits per heavy atom. The number of aromatic amines is 1. The van der Waals surface area contributed by atoms with Crippen LogP contribution in [-0.4, -0.2) is 20.9 Å². The smallest absolute Gasteiger partial charge is 0.352 e. The molecular weight excluding hydrogens is 433 g/mol. The summed E-state index contributed by atoms with van der Waals surface area (Å²) >= 11 is 6.29. The summed E-state index contributed by atoms with van der Waals surface area (Å²) in [6.07, 6.45) is -1.75. The predicted molar refractivity (Wildman–Crippen MR) is 108 cm³/mol. The topological polar surface area (TPSA) is 87.7 Å². The Morgan fingerprint density at radius 3 is 2.61 bits per heavy atom. The lowest BCUT2D eigenvalue weighted by Crippen LogP contribution is -2.24. The summed E-state index contributed by atoms with van der Waals surface area (Å²) in [5, 5.41) is 3.17. The van der Waals surface area contributed by atoms with Gasteiger partial charge in [-0.2, -0.15) is 13.2 Å². The van der Waals surface area contributed by atoms with Gasteiger partial charge in [0.2, 0.25) is 5.91 Å². The molecule has 2 aromatic heterocycles. The Kier molecular flexibility index (Phi) is 5.53. The molecule has 0 aliphatic heterocycles. The first kappa shape index (κ1) is 21.0. The first-order valence-electron chi connectivity index (χ1n) is 9.42. The normalized spacial score (nSPS) is 13.8. The van der Waals surface area contributed by atoms with Crippen molar-refractivity contribution in [2.75, 3.05) is 0 Å². The van der Waals surface area contributed by atoms with Crippen LogP contribution in [0.3, 0.4) is 0 Å². The molecular formula is C21H16ClF3N4O2. The van der Waals surface area contributed by atoms with Crippen molar-refractivity contribution in [3.05, 3.63) is 69.2 Å². The lowest BCUT2D eigenvalue weighted by Gasteiger charge is -2.10. The number of nitrogens with one attached hydrogen (secondary N) is 2. The third-order valence-corrected chi connectivity index (χ3v) is 5.12. The van der Waals surface area contributed by atoms with Gasteiger partial charge in [0.25, 0.3) is 5.56 Å². The van der Waals surface area contributed by atoms with Gasteiger partial charge in [-0.05, 0) is 42.7 Å². The molecule has 4 rings (SSSR count). The van der Waals surface area contributed by atoms with Crippen LogP contribution in [0.25, 0.3) is 22.6 Å². The molecule has 2 heterocycles. The number of carbonyl (C=O) groups is 1. The maximum atomic E-state index is 12.7. The van der Waals surface area contributed by atoms with Gasteiger partial charge in [-0.25, -0.2) is 4.98 Å². The van der Waals surface area contributed by atoms with Crippen LogP contribution in [-0.2, 0) is 17.5 Å². The molecule has 1 aliphatic rings. The molecule has 1 amide bonds. The van der Waals surface area contributed by atoms with E-state index in [-0.39, 0.29) is 28.9 Å². The number of rotatable bonds is 5. The SMILES string of the molecule is O=C(NCc1ccc(Cl)c(-c2nc(-c3ccc(C(F)(F)F)nc3)cc(=O)[nH]2)c1)C1CC1. The second-order valence-electron chi connectivity index (χ2n) is 7.22. The molecule has 0 bridgehead atoms. The fourth-order valence-electron chi connectivity index (χ4n) is 2.99. The van der Waals surface area contributed by atoms with Crippen LogP contribution in [0.15, 0.2) is 47.4 Å². The molecule has 10 heteroatoms. The standard InChI is InChI=1S/C21H16ClF3N4O2/c22-15-5-1-11(9-27-20(31)12-2-3-12)7-14(15)19-28-16(8-18(30)29-19)13-4-6-17(26-10-13)21(23,24)25/h1,4-8,10,12H,2-3,9H2,(H,27,31)(H,28,29,30). The summed E-state index contributed by atoms with van der Waals surface area (Å²) in [4.78, 5) is 34.4. The van der Waals surface area contributed by atoms with E-state index >= 15 is 0 Å². The van der Waals surface area contributed by atoms with Crippen molar-refractivity contribution in [2.24, 2.45) is 5.92 Å². The maximum absolute atomic E-state index is 12.7. The Balaban J connectivity index is 1.64. The average molecular weight is 449 g/mol. The summed E-state index contributed by atoms with van der Waals surface area (Å²) in [6.45, 7) is 0.298. The van der Waals surface area contributed by atoms with E-state index in [2.05, 4.69) is 20.3 Å². The van der Waals surface area contributed by atoms with Gasteiger partial charge in [-0.15, -0.1) is 0 Å². The van der Waals surface area contributed by atoms with Gasteiger partial charge in [-0.1, -0.05) is 17.7 Å². The molecule has 0 atom stereocenters. The van der Waals surface area contributed by atoms with Crippen LogP contribution in [0.4, 0.5) is 13.2 Å². The van der Waals surface area contributed by atoms with E-state index in [1.165, 1.54) is 12.1 Å². The molecule has 1 saturated carbocycles. The number of alkyl halides is 3. The number of amides is 1. The van der Waals surface area contributed by atoms with Gasteiger partial charge < -0.3 is 10.3 Å². The minimum atomic E-state index is -4.56. The Morgan fingerprint density at radius 1 is 1.19 bits per heavy atom. The van der Waals surface area contributed by atoms with Crippen LogP contribution >= 0.6 is 11.6 Å². The zero-order valence-electron chi connectivity index (χ0n) is 16.0. The van der Waals surface area contributed by atoms with Crippen LogP contribution in [0.5, 0.6) is 0 Å². The molecule has 160 valence electrons. The van der Waals surface area contributed by atoms with Crippen molar-refractivity contribution >= 4 is 17.5 Å². The van der Waals surface area contributed by atoms with E-state index in [1.807, 2.05) is 0 Å². The summed E-state index contributed by atoms with van der Waals surface area (Å²) < 4.78 is 38.2. The van der Waals surface area contributed by atoms with Gasteiger partial charge in [0, 0.05) is 35.9 Å². The number of hydrogen-bond donors (Lipinski definition) is 2.